The molecule has 1 saturated heterocycles. The van der Waals surface area contributed by atoms with Gasteiger partial charge in [-0.3, -0.25) is 4.79 Å². The lowest BCUT2D eigenvalue weighted by atomic mass is 9.87. The van der Waals surface area contributed by atoms with E-state index in [2.05, 4.69) is 15.0 Å². The topological polar surface area (TPSA) is 97.1 Å². The van der Waals surface area contributed by atoms with Crippen molar-refractivity contribution in [3.63, 3.8) is 0 Å². The summed E-state index contributed by atoms with van der Waals surface area (Å²) in [5.41, 5.74) is 7.52. The van der Waals surface area contributed by atoms with Crippen LogP contribution in [0.15, 0.2) is 41.3 Å². The number of ether oxygens (including phenoxy) is 1. The van der Waals surface area contributed by atoms with Gasteiger partial charge in [0.25, 0.3) is 5.56 Å². The van der Waals surface area contributed by atoms with E-state index in [0.717, 1.165) is 36.7 Å². The fourth-order valence-corrected chi connectivity index (χ4v) is 4.87. The summed E-state index contributed by atoms with van der Waals surface area (Å²) in [5.74, 6) is -2.52. The van der Waals surface area contributed by atoms with Gasteiger partial charge in [0, 0.05) is 42.5 Å². The summed E-state index contributed by atoms with van der Waals surface area (Å²) in [6.45, 7) is 2.02. The maximum absolute atomic E-state index is 15.1. The first kappa shape index (κ1) is 24.9. The van der Waals surface area contributed by atoms with Crippen LogP contribution in [0.25, 0.3) is 33.3 Å². The zero-order chi connectivity index (χ0) is 26.3. The monoisotopic (exact) mass is 509 g/mol. The van der Waals surface area contributed by atoms with Gasteiger partial charge in [0.15, 0.2) is 5.82 Å². The Morgan fingerprint density at radius 1 is 1.03 bits per heavy atom. The van der Waals surface area contributed by atoms with Crippen LogP contribution in [0.5, 0.6) is 0 Å². The number of nitrogens with two attached hydrogens (primary N) is 1. The highest BCUT2D eigenvalue weighted by Crippen LogP contribution is 2.35. The number of aromatic nitrogens is 3. The van der Waals surface area contributed by atoms with Crippen LogP contribution in [0.4, 0.5) is 19.0 Å². The molecule has 3 heterocycles. The molecule has 3 N–H and O–H groups in total. The number of anilines is 1. The van der Waals surface area contributed by atoms with Crippen LogP contribution >= 0.6 is 0 Å². The molecule has 2 aromatic carbocycles. The fourth-order valence-electron chi connectivity index (χ4n) is 4.87. The van der Waals surface area contributed by atoms with E-state index < -0.39 is 23.1 Å². The second kappa shape index (κ2) is 9.95. The molecule has 0 bridgehead atoms. The van der Waals surface area contributed by atoms with Crippen molar-refractivity contribution in [2.24, 2.45) is 0 Å². The Balaban J connectivity index is 1.64. The van der Waals surface area contributed by atoms with Crippen molar-refractivity contribution in [3.8, 4) is 22.5 Å². The zero-order valence-corrected chi connectivity index (χ0v) is 20.4. The molecule has 2 aromatic heterocycles. The van der Waals surface area contributed by atoms with Crippen molar-refractivity contribution in [2.45, 2.75) is 25.3 Å². The minimum absolute atomic E-state index is 0.103. The number of fused-ring (bicyclic) bond motifs is 1. The zero-order valence-electron chi connectivity index (χ0n) is 20.4. The summed E-state index contributed by atoms with van der Waals surface area (Å²) < 4.78 is 50.1. The van der Waals surface area contributed by atoms with E-state index in [1.807, 2.05) is 31.1 Å². The maximum atomic E-state index is 15.1. The minimum atomic E-state index is -0.903. The molecule has 5 rings (SSSR count). The molecule has 4 aromatic rings. The normalized spacial score (nSPS) is 14.5. The molecule has 0 aliphatic carbocycles. The van der Waals surface area contributed by atoms with Crippen molar-refractivity contribution in [3.05, 3.63) is 75.6 Å². The van der Waals surface area contributed by atoms with Gasteiger partial charge < -0.3 is 20.4 Å². The van der Waals surface area contributed by atoms with Gasteiger partial charge in [0.2, 0.25) is 5.95 Å². The van der Waals surface area contributed by atoms with Crippen LogP contribution in [-0.2, 0) is 11.3 Å². The molecule has 1 aliphatic heterocycles. The van der Waals surface area contributed by atoms with Gasteiger partial charge in [-0.2, -0.15) is 9.37 Å². The number of aromatic amines is 1. The summed E-state index contributed by atoms with van der Waals surface area (Å²) in [6.07, 6.45) is 2.70. The van der Waals surface area contributed by atoms with Crippen LogP contribution in [0, 0.1) is 17.6 Å². The standard InChI is InChI=1S/C27H26F3N5O2/c1-35(2)13-16-9-15(3-4-17(16)14-5-7-37-8-6-14)23-25(30)34-26(31)24(33-23)20-10-18-19(11-21(20)28)27(36)32-12-22(18)29/h3-4,9-12,14H,5-8,13H2,1-2H3,(H2,31,34)(H,32,36). The summed E-state index contributed by atoms with van der Waals surface area (Å²) in [6, 6.07) is 7.66. The molecule has 1 fully saturated rings. The number of benzene rings is 2. The highest BCUT2D eigenvalue weighted by atomic mass is 19.1. The Morgan fingerprint density at radius 3 is 2.51 bits per heavy atom. The Hall–Kier alpha value is -3.76. The predicted octanol–water partition coefficient (Wildman–Crippen LogP) is 4.61. The molecule has 10 heteroatoms. The van der Waals surface area contributed by atoms with Crippen molar-refractivity contribution in [1.82, 2.24) is 19.9 Å². The van der Waals surface area contributed by atoms with E-state index in [1.165, 1.54) is 5.56 Å². The highest BCUT2D eigenvalue weighted by Gasteiger charge is 2.23. The lowest BCUT2D eigenvalue weighted by molar-refractivity contribution is 0.0850. The molecule has 0 radical (unpaired) electrons. The quantitative estimate of drug-likeness (QED) is 0.408. The van der Waals surface area contributed by atoms with E-state index in [1.54, 1.807) is 6.07 Å². The SMILES string of the molecule is CN(C)Cc1cc(-c2nc(-c3cc4c(F)c[nH]c(=O)c4cc3F)c(N)nc2F)ccc1C1CCOCC1. The average molecular weight is 510 g/mol. The molecule has 37 heavy (non-hydrogen) atoms. The molecule has 0 saturated carbocycles. The number of nitrogens with one attached hydrogen (secondary N) is 1. The van der Waals surface area contributed by atoms with Crippen LogP contribution in [0.3, 0.4) is 0 Å². The van der Waals surface area contributed by atoms with Gasteiger partial charge >= 0.3 is 0 Å². The largest absolute Gasteiger partial charge is 0.382 e. The van der Waals surface area contributed by atoms with Crippen LogP contribution in [-0.4, -0.2) is 47.2 Å². The Morgan fingerprint density at radius 2 is 1.78 bits per heavy atom. The third-order valence-corrected chi connectivity index (χ3v) is 6.64. The second-order valence-electron chi connectivity index (χ2n) is 9.48. The van der Waals surface area contributed by atoms with E-state index in [0.29, 0.717) is 31.2 Å². The summed E-state index contributed by atoms with van der Waals surface area (Å²) in [5, 5.41) is -0.270. The van der Waals surface area contributed by atoms with E-state index in [9.17, 15) is 9.18 Å². The van der Waals surface area contributed by atoms with Crippen molar-refractivity contribution >= 4 is 16.6 Å². The molecular formula is C27H26F3N5O2. The Bertz CT molecular complexity index is 1550. The van der Waals surface area contributed by atoms with Crippen molar-refractivity contribution < 1.29 is 17.9 Å². The molecular weight excluding hydrogens is 483 g/mol. The number of H-pyrrole nitrogens is 1. The molecule has 7 nitrogen and oxygen atoms in total. The highest BCUT2D eigenvalue weighted by molar-refractivity contribution is 5.88. The molecule has 0 spiro atoms. The molecule has 1 aliphatic rings. The fraction of sp³-hybridized carbons (Fsp3) is 0.296. The Kier molecular flexibility index (Phi) is 6.70. The number of nitrogens with zero attached hydrogens (tertiary/aromatic N) is 3. The minimum Gasteiger partial charge on any atom is -0.382 e. The Labute approximate surface area is 211 Å². The van der Waals surface area contributed by atoms with Crippen molar-refractivity contribution in [2.75, 3.05) is 33.0 Å². The molecule has 0 atom stereocenters. The van der Waals surface area contributed by atoms with Crippen LogP contribution in [0.2, 0.25) is 0 Å². The lowest BCUT2D eigenvalue weighted by Gasteiger charge is -2.26. The third-order valence-electron chi connectivity index (χ3n) is 6.64. The lowest BCUT2D eigenvalue weighted by Crippen LogP contribution is -2.18. The number of nitrogen functional groups attached to an aromatic ring is 1. The first-order chi connectivity index (χ1) is 17.7. The maximum Gasteiger partial charge on any atom is 0.256 e. The third kappa shape index (κ3) is 4.82. The number of hydrogen-bond donors (Lipinski definition) is 2. The smallest absolute Gasteiger partial charge is 0.256 e. The number of hydrogen-bond acceptors (Lipinski definition) is 6. The summed E-state index contributed by atoms with van der Waals surface area (Å²) in [4.78, 5) is 24.4. The molecule has 0 amide bonds. The number of halogens is 3. The van der Waals surface area contributed by atoms with Gasteiger partial charge in [-0.25, -0.2) is 13.8 Å². The summed E-state index contributed by atoms with van der Waals surface area (Å²) in [7, 11) is 3.91. The van der Waals surface area contributed by atoms with Gasteiger partial charge in [-0.15, -0.1) is 0 Å². The molecule has 192 valence electrons. The first-order valence-electron chi connectivity index (χ1n) is 11.9. The van der Waals surface area contributed by atoms with Gasteiger partial charge in [-0.1, -0.05) is 12.1 Å². The average Bonchev–Trinajstić information content (AvgIpc) is 2.87. The van der Waals surface area contributed by atoms with E-state index in [-0.39, 0.29) is 33.5 Å². The first-order valence-corrected chi connectivity index (χ1v) is 11.9. The van der Waals surface area contributed by atoms with Crippen molar-refractivity contribution in [1.29, 1.82) is 0 Å². The second-order valence-corrected chi connectivity index (χ2v) is 9.48. The van der Waals surface area contributed by atoms with Gasteiger partial charge in [0.1, 0.15) is 23.0 Å². The number of rotatable bonds is 5. The predicted molar refractivity (Wildman–Crippen MR) is 136 cm³/mol. The van der Waals surface area contributed by atoms with E-state index >= 15 is 8.78 Å². The van der Waals surface area contributed by atoms with Gasteiger partial charge in [0.05, 0.1) is 5.39 Å². The molecule has 0 unspecified atom stereocenters. The van der Waals surface area contributed by atoms with Crippen LogP contribution < -0.4 is 11.3 Å². The van der Waals surface area contributed by atoms with E-state index in [4.69, 9.17) is 10.5 Å². The summed E-state index contributed by atoms with van der Waals surface area (Å²) >= 11 is 0. The van der Waals surface area contributed by atoms with Crippen LogP contribution in [0.1, 0.15) is 29.9 Å². The van der Waals surface area contributed by atoms with Gasteiger partial charge in [-0.05, 0) is 62.2 Å². The number of pyridine rings is 1.